The predicted molar refractivity (Wildman–Crippen MR) is 125 cm³/mol. The summed E-state index contributed by atoms with van der Waals surface area (Å²) in [5.41, 5.74) is 1.82. The fraction of sp³-hybridized carbons (Fsp3) is 0.435. The second-order valence-corrected chi connectivity index (χ2v) is 9.06. The van der Waals surface area contributed by atoms with Crippen LogP contribution in [-0.2, 0) is 5.54 Å². The maximum atomic E-state index is 11.0. The Kier molecular flexibility index (Phi) is 6.28. The third-order valence-corrected chi connectivity index (χ3v) is 5.91. The molecule has 0 radical (unpaired) electrons. The second-order valence-electron chi connectivity index (χ2n) is 9.06. The highest BCUT2D eigenvalue weighted by Crippen LogP contribution is 2.36. The highest BCUT2D eigenvalue weighted by molar-refractivity contribution is 5.51. The average Bonchev–Trinajstić information content (AvgIpc) is 3.30. The molecule has 0 N–H and O–H groups in total. The summed E-state index contributed by atoms with van der Waals surface area (Å²) < 4.78 is 7.57. The normalized spacial score (nSPS) is 15.9. The van der Waals surface area contributed by atoms with Gasteiger partial charge >= 0.3 is 0 Å². The summed E-state index contributed by atoms with van der Waals surface area (Å²) in [4.78, 5) is 15.2. The third kappa shape index (κ3) is 4.65. The molecule has 0 saturated carbocycles. The van der Waals surface area contributed by atoms with Crippen molar-refractivity contribution < 1.29 is 9.66 Å². The summed E-state index contributed by atoms with van der Waals surface area (Å²) in [6.07, 6.45) is 0. The standard InChI is InChI=1S/C23H29N7O3/c1-23(2,3)29-22(24-25-26-29)21(19-7-5-6-8-20(19)33-4)28-15-13-27(14-16-28)17-9-11-18(12-10-17)30(31)32/h5-12,21H,13-16H2,1-4H3/t21-/m0/s1. The number of benzene rings is 2. The molecule has 1 aliphatic heterocycles. The van der Waals surface area contributed by atoms with Crippen molar-refractivity contribution >= 4 is 11.4 Å². The van der Waals surface area contributed by atoms with Gasteiger partial charge in [0.25, 0.3) is 5.69 Å². The minimum Gasteiger partial charge on any atom is -0.496 e. The molecule has 1 fully saturated rings. The number of tetrazole rings is 1. The van der Waals surface area contributed by atoms with Gasteiger partial charge in [0.2, 0.25) is 0 Å². The molecule has 1 aromatic heterocycles. The van der Waals surface area contributed by atoms with E-state index in [0.29, 0.717) is 0 Å². The molecule has 1 atom stereocenters. The number of nitro groups is 1. The molecule has 0 spiro atoms. The molecule has 2 aromatic carbocycles. The molecule has 33 heavy (non-hydrogen) atoms. The first-order chi connectivity index (χ1) is 15.8. The number of hydrogen-bond donors (Lipinski definition) is 0. The lowest BCUT2D eigenvalue weighted by atomic mass is 10.0. The van der Waals surface area contributed by atoms with E-state index in [1.54, 1.807) is 19.2 Å². The fourth-order valence-electron chi connectivity index (χ4n) is 4.26. The zero-order valence-corrected chi connectivity index (χ0v) is 19.4. The number of piperazine rings is 1. The molecule has 174 valence electrons. The van der Waals surface area contributed by atoms with Gasteiger partial charge in [-0.1, -0.05) is 18.2 Å². The van der Waals surface area contributed by atoms with E-state index in [0.717, 1.165) is 49.0 Å². The molecule has 0 unspecified atom stereocenters. The maximum Gasteiger partial charge on any atom is 0.269 e. The monoisotopic (exact) mass is 451 g/mol. The minimum absolute atomic E-state index is 0.0997. The number of rotatable bonds is 6. The van der Waals surface area contributed by atoms with Crippen LogP contribution in [0.25, 0.3) is 0 Å². The van der Waals surface area contributed by atoms with Crippen LogP contribution in [0.15, 0.2) is 48.5 Å². The number of para-hydroxylation sites is 1. The molecule has 10 nitrogen and oxygen atoms in total. The lowest BCUT2D eigenvalue weighted by Crippen LogP contribution is -2.48. The van der Waals surface area contributed by atoms with Gasteiger partial charge in [0, 0.05) is 49.6 Å². The number of anilines is 1. The van der Waals surface area contributed by atoms with Crippen LogP contribution in [0, 0.1) is 10.1 Å². The molecule has 2 heterocycles. The summed E-state index contributed by atoms with van der Waals surface area (Å²) in [7, 11) is 1.68. The summed E-state index contributed by atoms with van der Waals surface area (Å²) >= 11 is 0. The van der Waals surface area contributed by atoms with Gasteiger partial charge in [-0.25, -0.2) is 4.68 Å². The van der Waals surface area contributed by atoms with E-state index < -0.39 is 0 Å². The van der Waals surface area contributed by atoms with Gasteiger partial charge in [-0.05, 0) is 49.4 Å². The highest BCUT2D eigenvalue weighted by Gasteiger charge is 2.34. The summed E-state index contributed by atoms with van der Waals surface area (Å²) in [5, 5.41) is 23.7. The zero-order chi connectivity index (χ0) is 23.6. The van der Waals surface area contributed by atoms with Crippen LogP contribution in [0.2, 0.25) is 0 Å². The van der Waals surface area contributed by atoms with Crippen molar-refractivity contribution in [2.75, 3.05) is 38.2 Å². The first kappa shape index (κ1) is 22.7. The molecule has 3 aromatic rings. The molecule has 1 aliphatic rings. The molecule has 1 saturated heterocycles. The quantitative estimate of drug-likeness (QED) is 0.416. The van der Waals surface area contributed by atoms with E-state index in [4.69, 9.17) is 4.74 Å². The van der Waals surface area contributed by atoms with E-state index in [9.17, 15) is 10.1 Å². The molecular formula is C23H29N7O3. The number of methoxy groups -OCH3 is 1. The number of non-ortho nitro benzene ring substituents is 1. The lowest BCUT2D eigenvalue weighted by molar-refractivity contribution is -0.384. The van der Waals surface area contributed by atoms with Gasteiger partial charge in [-0.15, -0.1) is 5.10 Å². The van der Waals surface area contributed by atoms with Gasteiger partial charge in [0.15, 0.2) is 5.82 Å². The Morgan fingerprint density at radius 3 is 2.30 bits per heavy atom. The van der Waals surface area contributed by atoms with Crippen LogP contribution < -0.4 is 9.64 Å². The van der Waals surface area contributed by atoms with Crippen LogP contribution >= 0.6 is 0 Å². The van der Waals surface area contributed by atoms with Crippen molar-refractivity contribution in [1.29, 1.82) is 0 Å². The Labute approximate surface area is 192 Å². The Morgan fingerprint density at radius 2 is 1.70 bits per heavy atom. The predicted octanol–water partition coefficient (Wildman–Crippen LogP) is 3.26. The van der Waals surface area contributed by atoms with Crippen LogP contribution in [0.1, 0.15) is 38.2 Å². The number of nitro benzene ring substituents is 1. The number of nitrogens with zero attached hydrogens (tertiary/aromatic N) is 7. The van der Waals surface area contributed by atoms with E-state index in [2.05, 4.69) is 52.2 Å². The fourth-order valence-corrected chi connectivity index (χ4v) is 4.26. The van der Waals surface area contributed by atoms with Crippen LogP contribution in [0.5, 0.6) is 5.75 Å². The van der Waals surface area contributed by atoms with Gasteiger partial charge in [-0.3, -0.25) is 15.0 Å². The molecule has 4 rings (SSSR count). The Balaban J connectivity index is 1.63. The number of ether oxygens (including phenoxy) is 1. The van der Waals surface area contributed by atoms with E-state index in [1.165, 1.54) is 0 Å². The van der Waals surface area contributed by atoms with Crippen LogP contribution in [-0.4, -0.2) is 63.3 Å². The highest BCUT2D eigenvalue weighted by atomic mass is 16.6. The zero-order valence-electron chi connectivity index (χ0n) is 19.4. The number of aromatic nitrogens is 4. The van der Waals surface area contributed by atoms with Gasteiger partial charge < -0.3 is 9.64 Å². The topological polar surface area (TPSA) is 102 Å². The summed E-state index contributed by atoms with van der Waals surface area (Å²) in [5.74, 6) is 1.57. The largest absolute Gasteiger partial charge is 0.496 e. The Bertz CT molecular complexity index is 1100. The molecule has 0 aliphatic carbocycles. The molecular weight excluding hydrogens is 422 g/mol. The molecule has 10 heteroatoms. The van der Waals surface area contributed by atoms with Gasteiger partial charge in [-0.2, -0.15) is 0 Å². The average molecular weight is 452 g/mol. The lowest BCUT2D eigenvalue weighted by Gasteiger charge is -2.40. The summed E-state index contributed by atoms with van der Waals surface area (Å²) in [6, 6.07) is 14.5. The Hall–Kier alpha value is -3.53. The van der Waals surface area contributed by atoms with Crippen molar-refractivity contribution in [3.8, 4) is 5.75 Å². The summed E-state index contributed by atoms with van der Waals surface area (Å²) in [6.45, 7) is 9.35. The van der Waals surface area contributed by atoms with Crippen molar-refractivity contribution in [2.24, 2.45) is 0 Å². The third-order valence-electron chi connectivity index (χ3n) is 5.91. The van der Waals surface area contributed by atoms with E-state index in [1.807, 2.05) is 35.0 Å². The van der Waals surface area contributed by atoms with Gasteiger partial charge in [0.05, 0.1) is 17.6 Å². The van der Waals surface area contributed by atoms with Crippen LogP contribution in [0.3, 0.4) is 0 Å². The van der Waals surface area contributed by atoms with Crippen molar-refractivity contribution in [3.63, 3.8) is 0 Å². The van der Waals surface area contributed by atoms with Crippen LogP contribution in [0.4, 0.5) is 11.4 Å². The molecule has 0 bridgehead atoms. The first-order valence-corrected chi connectivity index (χ1v) is 10.9. The molecule has 0 amide bonds. The van der Waals surface area contributed by atoms with E-state index in [-0.39, 0.29) is 22.2 Å². The SMILES string of the molecule is COc1ccccc1[C@@H](c1nnnn1C(C)(C)C)N1CCN(c2ccc([N+](=O)[O-])cc2)CC1. The smallest absolute Gasteiger partial charge is 0.269 e. The van der Waals surface area contributed by atoms with E-state index >= 15 is 0 Å². The first-order valence-electron chi connectivity index (χ1n) is 10.9. The van der Waals surface area contributed by atoms with Crippen molar-refractivity contribution in [2.45, 2.75) is 32.4 Å². The minimum atomic E-state index is -0.376. The van der Waals surface area contributed by atoms with Crippen molar-refractivity contribution in [3.05, 3.63) is 70.0 Å². The number of hydrogen-bond acceptors (Lipinski definition) is 8. The van der Waals surface area contributed by atoms with Crippen molar-refractivity contribution in [1.82, 2.24) is 25.1 Å². The Morgan fingerprint density at radius 1 is 1.03 bits per heavy atom. The van der Waals surface area contributed by atoms with Gasteiger partial charge in [0.1, 0.15) is 11.8 Å². The maximum absolute atomic E-state index is 11.0. The second kappa shape index (κ2) is 9.14.